The standard InChI is InChI=1S/C14H17.2CH3.Zr/c1-8-6-13-11(4)9(2)10(3)12(5)14(13)7-8;;;/h6-7H,1-5H3;2*1H3;. The van der Waals surface area contributed by atoms with Crippen LogP contribution in [0.2, 0.25) is 9.26 Å². The average Bonchev–Trinajstić information content (AvgIpc) is 2.61. The quantitative estimate of drug-likeness (QED) is 0.677. The average molecular weight is 307 g/mol. The van der Waals surface area contributed by atoms with Crippen LogP contribution in [0.25, 0.3) is 6.08 Å². The molecule has 0 heterocycles. The molecule has 0 fully saturated rings. The Hall–Kier alpha value is -0.157. The monoisotopic (exact) mass is 305 g/mol. The Morgan fingerprint density at radius 2 is 1.35 bits per heavy atom. The normalized spacial score (nSPS) is 18.1. The maximum atomic E-state index is 2.53. The number of hydrogen-bond acceptors (Lipinski definition) is 0. The Morgan fingerprint density at radius 3 is 1.88 bits per heavy atom. The fourth-order valence-corrected chi connectivity index (χ4v) is 7.99. The van der Waals surface area contributed by atoms with Crippen LogP contribution >= 0.6 is 0 Å². The van der Waals surface area contributed by atoms with Gasteiger partial charge in [0.25, 0.3) is 0 Å². The third-order valence-corrected chi connectivity index (χ3v) is 9.15. The molecule has 1 atom stereocenters. The number of fused-ring (bicyclic) bond motifs is 1. The molecular formula is C16H23Zr. The predicted octanol–water partition coefficient (Wildman–Crippen LogP) is 5.09. The second kappa shape index (κ2) is 4.50. The summed E-state index contributed by atoms with van der Waals surface area (Å²) >= 11 is -1.24. The van der Waals surface area contributed by atoms with Crippen LogP contribution < -0.4 is 0 Å². The Balaban J connectivity index is 2.77. The van der Waals surface area contributed by atoms with E-state index >= 15 is 0 Å². The van der Waals surface area contributed by atoms with Gasteiger partial charge in [0.1, 0.15) is 0 Å². The first kappa shape index (κ1) is 13.3. The molecule has 0 aliphatic heterocycles. The van der Waals surface area contributed by atoms with E-state index in [0.717, 1.165) is 3.63 Å². The molecule has 2 rings (SSSR count). The van der Waals surface area contributed by atoms with E-state index in [9.17, 15) is 0 Å². The molecule has 0 saturated heterocycles. The van der Waals surface area contributed by atoms with Crippen LogP contribution in [0, 0.1) is 27.7 Å². The molecule has 0 amide bonds. The van der Waals surface area contributed by atoms with Crippen molar-refractivity contribution >= 4 is 6.08 Å². The molecule has 91 valence electrons. The van der Waals surface area contributed by atoms with E-state index in [4.69, 9.17) is 0 Å². The summed E-state index contributed by atoms with van der Waals surface area (Å²) in [6.07, 6.45) is 2.46. The van der Waals surface area contributed by atoms with Crippen molar-refractivity contribution in [3.63, 3.8) is 0 Å². The van der Waals surface area contributed by atoms with Crippen LogP contribution in [0.5, 0.6) is 0 Å². The predicted molar refractivity (Wildman–Crippen MR) is 73.5 cm³/mol. The minimum atomic E-state index is -1.24. The molecule has 17 heavy (non-hydrogen) atoms. The van der Waals surface area contributed by atoms with Gasteiger partial charge in [0.15, 0.2) is 0 Å². The van der Waals surface area contributed by atoms with Crippen molar-refractivity contribution in [2.24, 2.45) is 0 Å². The summed E-state index contributed by atoms with van der Waals surface area (Å²) in [5, 5.41) is 0. The van der Waals surface area contributed by atoms with Gasteiger partial charge in [-0.25, -0.2) is 0 Å². The molecule has 0 aromatic heterocycles. The first-order valence-corrected chi connectivity index (χ1v) is 12.8. The van der Waals surface area contributed by atoms with E-state index in [0.29, 0.717) is 0 Å². The summed E-state index contributed by atoms with van der Waals surface area (Å²) in [5.41, 5.74) is 10.9. The van der Waals surface area contributed by atoms with E-state index in [1.54, 1.807) is 22.3 Å². The summed E-state index contributed by atoms with van der Waals surface area (Å²) in [5.74, 6) is 0. The molecular weight excluding hydrogens is 283 g/mol. The van der Waals surface area contributed by atoms with Crippen LogP contribution in [0.15, 0.2) is 5.57 Å². The van der Waals surface area contributed by atoms with Crippen molar-refractivity contribution in [3.05, 3.63) is 39.0 Å². The van der Waals surface area contributed by atoms with E-state index in [1.807, 2.05) is 0 Å². The van der Waals surface area contributed by atoms with Gasteiger partial charge in [-0.1, -0.05) is 0 Å². The van der Waals surface area contributed by atoms with Gasteiger partial charge < -0.3 is 0 Å². The van der Waals surface area contributed by atoms with Crippen LogP contribution in [0.1, 0.15) is 43.9 Å². The molecule has 1 aliphatic rings. The minimum absolute atomic E-state index is 0.824. The fourth-order valence-electron chi connectivity index (χ4n) is 3.21. The molecule has 1 aromatic rings. The first-order chi connectivity index (χ1) is 7.86. The van der Waals surface area contributed by atoms with Crippen LogP contribution in [-0.4, -0.2) is 0 Å². The van der Waals surface area contributed by atoms with Crippen molar-refractivity contribution in [2.75, 3.05) is 0 Å². The molecule has 1 aromatic carbocycles. The van der Waals surface area contributed by atoms with Gasteiger partial charge in [-0.3, -0.25) is 0 Å². The topological polar surface area (TPSA) is 0 Å². The van der Waals surface area contributed by atoms with Crippen LogP contribution in [-0.2, 0) is 21.8 Å². The molecule has 1 aliphatic carbocycles. The van der Waals surface area contributed by atoms with Gasteiger partial charge >= 0.3 is 114 Å². The van der Waals surface area contributed by atoms with Crippen LogP contribution in [0.4, 0.5) is 0 Å². The van der Waals surface area contributed by atoms with Gasteiger partial charge in [0.2, 0.25) is 0 Å². The Morgan fingerprint density at radius 1 is 0.824 bits per heavy atom. The van der Waals surface area contributed by atoms with E-state index in [2.05, 4.69) is 50.0 Å². The number of rotatable bonds is 1. The van der Waals surface area contributed by atoms with Crippen molar-refractivity contribution in [1.29, 1.82) is 0 Å². The Bertz CT molecular complexity index is 507. The Kier molecular flexibility index (Phi) is 3.52. The summed E-state index contributed by atoms with van der Waals surface area (Å²) in [7, 11) is 0. The molecule has 0 saturated carbocycles. The number of benzene rings is 1. The van der Waals surface area contributed by atoms with E-state index in [1.165, 1.54) is 16.7 Å². The van der Waals surface area contributed by atoms with Gasteiger partial charge in [0, 0.05) is 0 Å². The van der Waals surface area contributed by atoms with Crippen molar-refractivity contribution in [2.45, 2.75) is 47.5 Å². The summed E-state index contributed by atoms with van der Waals surface area (Å²) in [6.45, 7) is 11.5. The van der Waals surface area contributed by atoms with Crippen molar-refractivity contribution in [3.8, 4) is 0 Å². The zero-order valence-corrected chi connectivity index (χ0v) is 14.6. The molecule has 0 spiro atoms. The summed E-state index contributed by atoms with van der Waals surface area (Å²) in [4.78, 5) is 0. The first-order valence-electron chi connectivity index (χ1n) is 6.44. The molecule has 1 unspecified atom stereocenters. The second-order valence-electron chi connectivity index (χ2n) is 5.73. The Labute approximate surface area is 114 Å². The summed E-state index contributed by atoms with van der Waals surface area (Å²) in [6, 6.07) is 0. The molecule has 0 bridgehead atoms. The third-order valence-electron chi connectivity index (χ3n) is 4.48. The zero-order valence-electron chi connectivity index (χ0n) is 12.2. The van der Waals surface area contributed by atoms with Gasteiger partial charge in [0.05, 0.1) is 0 Å². The molecule has 0 N–H and O–H groups in total. The van der Waals surface area contributed by atoms with Gasteiger partial charge in [-0.05, 0) is 0 Å². The van der Waals surface area contributed by atoms with E-state index < -0.39 is 21.8 Å². The van der Waals surface area contributed by atoms with Crippen molar-refractivity contribution < 1.29 is 21.8 Å². The second-order valence-corrected chi connectivity index (χ2v) is 12.4. The molecule has 0 nitrogen and oxygen atoms in total. The summed E-state index contributed by atoms with van der Waals surface area (Å²) < 4.78 is 5.89. The molecule has 1 heteroatoms. The third kappa shape index (κ3) is 1.91. The van der Waals surface area contributed by atoms with Gasteiger partial charge in [-0.2, -0.15) is 0 Å². The molecule has 0 radical (unpaired) electrons. The van der Waals surface area contributed by atoms with Gasteiger partial charge in [-0.15, -0.1) is 0 Å². The number of hydrogen-bond donors (Lipinski definition) is 0. The van der Waals surface area contributed by atoms with E-state index in [-0.39, 0.29) is 0 Å². The fraction of sp³-hybridized carbons (Fsp3) is 0.500. The SMILES string of the molecule is CC1=Cc2c(C)c(C)c(C)c(C)c2[CH]1[Zr]([CH3])[CH3]. The number of allylic oxidation sites excluding steroid dienone is 1. The zero-order chi connectivity index (χ0) is 12.9. The maximum absolute atomic E-state index is 2.53. The van der Waals surface area contributed by atoms with Crippen LogP contribution in [0.3, 0.4) is 0 Å². The van der Waals surface area contributed by atoms with Crippen molar-refractivity contribution in [1.82, 2.24) is 0 Å².